The lowest BCUT2D eigenvalue weighted by atomic mass is 10.2. The number of amides is 1. The Morgan fingerprint density at radius 1 is 0.862 bits per heavy atom. The Balaban J connectivity index is 1.79. The minimum absolute atomic E-state index is 0.212. The highest BCUT2D eigenvalue weighted by atomic mass is 16.5. The second kappa shape index (κ2) is 8.92. The molecule has 150 valence electrons. The number of carbonyl (C=O) groups is 1. The smallest absolute Gasteiger partial charge is 0.274 e. The number of hydrogen-bond acceptors (Lipinski definition) is 7. The van der Waals surface area contributed by atoms with Crippen molar-refractivity contribution in [3.05, 3.63) is 60.0 Å². The van der Waals surface area contributed by atoms with E-state index in [1.165, 1.54) is 13.4 Å². The molecule has 0 atom stereocenters. The van der Waals surface area contributed by atoms with Gasteiger partial charge in [0.1, 0.15) is 23.6 Å². The molecule has 0 unspecified atom stereocenters. The summed E-state index contributed by atoms with van der Waals surface area (Å²) in [6.07, 6.45) is 1.33. The van der Waals surface area contributed by atoms with Crippen molar-refractivity contribution in [2.24, 2.45) is 0 Å². The van der Waals surface area contributed by atoms with Gasteiger partial charge in [0, 0.05) is 17.8 Å². The van der Waals surface area contributed by atoms with Gasteiger partial charge in [-0.05, 0) is 36.8 Å². The zero-order valence-electron chi connectivity index (χ0n) is 16.6. The number of benzene rings is 2. The Hall–Kier alpha value is -3.81. The average molecular weight is 394 g/mol. The SMILES string of the molecule is COc1ccc(C)cc1Nc1cc(C(=O)Nc2ccc(OC)c(OC)c2)ncn1. The lowest BCUT2D eigenvalue weighted by Gasteiger charge is -2.12. The number of carbonyl (C=O) groups excluding carboxylic acids is 1. The van der Waals surface area contributed by atoms with E-state index in [1.807, 2.05) is 25.1 Å². The van der Waals surface area contributed by atoms with Gasteiger partial charge in [-0.3, -0.25) is 4.79 Å². The number of ether oxygens (including phenoxy) is 3. The first-order valence-corrected chi connectivity index (χ1v) is 8.81. The van der Waals surface area contributed by atoms with Crippen molar-refractivity contribution in [2.75, 3.05) is 32.0 Å². The molecule has 2 N–H and O–H groups in total. The number of aryl methyl sites for hydroxylation is 1. The lowest BCUT2D eigenvalue weighted by molar-refractivity contribution is 0.102. The maximum Gasteiger partial charge on any atom is 0.274 e. The lowest BCUT2D eigenvalue weighted by Crippen LogP contribution is -2.14. The quantitative estimate of drug-likeness (QED) is 0.629. The fourth-order valence-corrected chi connectivity index (χ4v) is 2.72. The number of nitrogens with one attached hydrogen (secondary N) is 2. The maximum atomic E-state index is 12.6. The molecule has 0 aliphatic rings. The van der Waals surface area contributed by atoms with Crippen LogP contribution in [0.1, 0.15) is 16.1 Å². The Labute approximate surface area is 168 Å². The van der Waals surface area contributed by atoms with Gasteiger partial charge in [-0.1, -0.05) is 6.07 Å². The zero-order valence-corrected chi connectivity index (χ0v) is 16.6. The summed E-state index contributed by atoms with van der Waals surface area (Å²) in [5, 5.41) is 5.95. The predicted octanol–water partition coefficient (Wildman–Crippen LogP) is 3.81. The number of methoxy groups -OCH3 is 3. The average Bonchev–Trinajstić information content (AvgIpc) is 2.74. The highest BCUT2D eigenvalue weighted by Gasteiger charge is 2.12. The van der Waals surface area contributed by atoms with Gasteiger partial charge in [-0.25, -0.2) is 9.97 Å². The predicted molar refractivity (Wildman–Crippen MR) is 111 cm³/mol. The van der Waals surface area contributed by atoms with Gasteiger partial charge >= 0.3 is 0 Å². The second-order valence-corrected chi connectivity index (χ2v) is 6.14. The third kappa shape index (κ3) is 4.73. The summed E-state index contributed by atoms with van der Waals surface area (Å²) in [5.74, 6) is 1.86. The van der Waals surface area contributed by atoms with Gasteiger partial charge in [0.25, 0.3) is 5.91 Å². The van der Waals surface area contributed by atoms with Crippen molar-refractivity contribution in [1.82, 2.24) is 9.97 Å². The van der Waals surface area contributed by atoms with Gasteiger partial charge in [-0.2, -0.15) is 0 Å². The van der Waals surface area contributed by atoms with Crippen molar-refractivity contribution in [3.8, 4) is 17.2 Å². The fourth-order valence-electron chi connectivity index (χ4n) is 2.72. The van der Waals surface area contributed by atoms with Crippen molar-refractivity contribution >= 4 is 23.1 Å². The number of nitrogens with zero attached hydrogens (tertiary/aromatic N) is 2. The molecule has 0 saturated heterocycles. The van der Waals surface area contributed by atoms with Crippen LogP contribution in [-0.4, -0.2) is 37.2 Å². The molecule has 1 heterocycles. The van der Waals surface area contributed by atoms with Gasteiger partial charge < -0.3 is 24.8 Å². The van der Waals surface area contributed by atoms with Crippen LogP contribution < -0.4 is 24.8 Å². The number of anilines is 3. The molecule has 0 aliphatic heterocycles. The minimum Gasteiger partial charge on any atom is -0.495 e. The van der Waals surface area contributed by atoms with Crippen LogP contribution in [0.5, 0.6) is 17.2 Å². The minimum atomic E-state index is -0.376. The zero-order chi connectivity index (χ0) is 20.8. The van der Waals surface area contributed by atoms with Crippen LogP contribution in [0.15, 0.2) is 48.8 Å². The molecular weight excluding hydrogens is 372 g/mol. The molecule has 0 aliphatic carbocycles. The molecule has 0 saturated carbocycles. The molecule has 2 aromatic carbocycles. The van der Waals surface area contributed by atoms with Crippen LogP contribution in [0, 0.1) is 6.92 Å². The monoisotopic (exact) mass is 394 g/mol. The van der Waals surface area contributed by atoms with Crippen LogP contribution in [0.2, 0.25) is 0 Å². The summed E-state index contributed by atoms with van der Waals surface area (Å²) in [7, 11) is 4.68. The van der Waals surface area contributed by atoms with Crippen molar-refractivity contribution in [2.45, 2.75) is 6.92 Å². The normalized spacial score (nSPS) is 10.2. The standard InChI is InChI=1S/C21H22N4O4/c1-13-5-7-17(27-2)15(9-13)25-20-11-16(22-12-23-20)21(26)24-14-6-8-18(28-3)19(10-14)29-4/h5-12H,1-4H3,(H,24,26)(H,22,23,25). The van der Waals surface area contributed by atoms with Gasteiger partial charge in [0.05, 0.1) is 27.0 Å². The molecule has 0 radical (unpaired) electrons. The van der Waals surface area contributed by atoms with E-state index in [2.05, 4.69) is 20.6 Å². The Bertz CT molecular complexity index is 1020. The van der Waals surface area contributed by atoms with E-state index in [1.54, 1.807) is 38.5 Å². The van der Waals surface area contributed by atoms with E-state index < -0.39 is 0 Å². The van der Waals surface area contributed by atoms with E-state index in [4.69, 9.17) is 14.2 Å². The van der Waals surface area contributed by atoms with Gasteiger partial charge in [0.15, 0.2) is 11.5 Å². The Morgan fingerprint density at radius 2 is 1.59 bits per heavy atom. The van der Waals surface area contributed by atoms with Crippen molar-refractivity contribution < 1.29 is 19.0 Å². The Kier molecular flexibility index (Phi) is 6.13. The van der Waals surface area contributed by atoms with E-state index in [9.17, 15) is 4.79 Å². The number of hydrogen-bond donors (Lipinski definition) is 2. The van der Waals surface area contributed by atoms with E-state index >= 15 is 0 Å². The summed E-state index contributed by atoms with van der Waals surface area (Å²) < 4.78 is 15.8. The molecule has 1 amide bonds. The topological polar surface area (TPSA) is 94.6 Å². The fraction of sp³-hybridized carbons (Fsp3) is 0.190. The highest BCUT2D eigenvalue weighted by molar-refractivity contribution is 6.03. The first kappa shape index (κ1) is 19.9. The summed E-state index contributed by atoms with van der Waals surface area (Å²) in [5.41, 5.74) is 2.58. The van der Waals surface area contributed by atoms with Crippen LogP contribution in [0.3, 0.4) is 0 Å². The summed E-state index contributed by atoms with van der Waals surface area (Å²) >= 11 is 0. The first-order chi connectivity index (χ1) is 14.0. The van der Waals surface area contributed by atoms with Crippen molar-refractivity contribution in [3.63, 3.8) is 0 Å². The first-order valence-electron chi connectivity index (χ1n) is 8.81. The molecule has 8 heteroatoms. The maximum absolute atomic E-state index is 12.6. The van der Waals surface area contributed by atoms with Crippen molar-refractivity contribution in [1.29, 1.82) is 0 Å². The largest absolute Gasteiger partial charge is 0.495 e. The molecule has 8 nitrogen and oxygen atoms in total. The Morgan fingerprint density at radius 3 is 2.31 bits per heavy atom. The molecule has 3 rings (SSSR count). The molecule has 0 fully saturated rings. The third-order valence-electron chi connectivity index (χ3n) is 4.16. The number of rotatable bonds is 7. The van der Waals surface area contributed by atoms with E-state index in [0.29, 0.717) is 28.8 Å². The van der Waals surface area contributed by atoms with Gasteiger partial charge in [0.2, 0.25) is 0 Å². The molecule has 29 heavy (non-hydrogen) atoms. The van der Waals surface area contributed by atoms with Gasteiger partial charge in [-0.15, -0.1) is 0 Å². The summed E-state index contributed by atoms with van der Waals surface area (Å²) in [4.78, 5) is 20.9. The summed E-state index contributed by atoms with van der Waals surface area (Å²) in [6.45, 7) is 1.98. The second-order valence-electron chi connectivity index (χ2n) is 6.14. The van der Waals surface area contributed by atoms with E-state index in [-0.39, 0.29) is 11.6 Å². The van der Waals surface area contributed by atoms with Crippen LogP contribution in [-0.2, 0) is 0 Å². The molecule has 3 aromatic rings. The summed E-state index contributed by atoms with van der Waals surface area (Å²) in [6, 6.07) is 12.4. The van der Waals surface area contributed by atoms with Crippen LogP contribution in [0.25, 0.3) is 0 Å². The van der Waals surface area contributed by atoms with Crippen LogP contribution in [0.4, 0.5) is 17.2 Å². The molecule has 1 aromatic heterocycles. The van der Waals surface area contributed by atoms with E-state index in [0.717, 1.165) is 11.3 Å². The molecule has 0 bridgehead atoms. The highest BCUT2D eigenvalue weighted by Crippen LogP contribution is 2.30. The third-order valence-corrected chi connectivity index (χ3v) is 4.16. The van der Waals surface area contributed by atoms with Crippen LogP contribution >= 0.6 is 0 Å². The molecular formula is C21H22N4O4. The molecule has 0 spiro atoms. The number of aromatic nitrogens is 2.